The molecule has 5 rings (SSSR count). The van der Waals surface area contributed by atoms with Gasteiger partial charge in [-0.1, -0.05) is 35.3 Å². The lowest BCUT2D eigenvalue weighted by atomic mass is 10.1. The van der Waals surface area contributed by atoms with Crippen molar-refractivity contribution in [1.82, 2.24) is 15.3 Å². The molecular formula is C22H17Cl2N5O2S. The van der Waals surface area contributed by atoms with Crippen molar-refractivity contribution in [3.8, 4) is 0 Å². The Morgan fingerprint density at radius 2 is 1.91 bits per heavy atom. The maximum absolute atomic E-state index is 12.5. The quantitative estimate of drug-likeness (QED) is 0.543. The fourth-order valence-corrected chi connectivity index (χ4v) is 4.69. The van der Waals surface area contributed by atoms with Crippen LogP contribution in [0.25, 0.3) is 17.1 Å². The van der Waals surface area contributed by atoms with Crippen molar-refractivity contribution in [2.75, 3.05) is 31.2 Å². The number of amidine groups is 1. The molecule has 162 valence electrons. The highest BCUT2D eigenvalue weighted by atomic mass is 35.5. The van der Waals surface area contributed by atoms with E-state index < -0.39 is 0 Å². The minimum atomic E-state index is -0.231. The minimum Gasteiger partial charge on any atom is -0.378 e. The van der Waals surface area contributed by atoms with Crippen LogP contribution in [0, 0.1) is 0 Å². The van der Waals surface area contributed by atoms with Gasteiger partial charge in [0.15, 0.2) is 5.17 Å². The summed E-state index contributed by atoms with van der Waals surface area (Å²) in [6, 6.07) is 10.9. The number of para-hydroxylation sites is 1. The highest BCUT2D eigenvalue weighted by Crippen LogP contribution is 2.35. The molecule has 2 aliphatic rings. The van der Waals surface area contributed by atoms with E-state index in [2.05, 4.69) is 20.2 Å². The molecule has 1 amide bonds. The third kappa shape index (κ3) is 4.45. The van der Waals surface area contributed by atoms with Crippen LogP contribution in [0.1, 0.15) is 5.56 Å². The number of rotatable bonds is 3. The van der Waals surface area contributed by atoms with Crippen molar-refractivity contribution in [2.24, 2.45) is 4.99 Å². The van der Waals surface area contributed by atoms with Crippen LogP contribution in [0.4, 0.5) is 11.5 Å². The summed E-state index contributed by atoms with van der Waals surface area (Å²) in [5, 5.41) is 4.02. The van der Waals surface area contributed by atoms with Crippen LogP contribution in [0.5, 0.6) is 0 Å². The number of nitrogens with zero attached hydrogens (tertiary/aromatic N) is 4. The molecule has 10 heteroatoms. The van der Waals surface area contributed by atoms with E-state index in [4.69, 9.17) is 32.9 Å². The highest BCUT2D eigenvalue weighted by molar-refractivity contribution is 8.18. The molecule has 0 saturated carbocycles. The molecule has 32 heavy (non-hydrogen) atoms. The largest absolute Gasteiger partial charge is 0.378 e. The number of nitrogens with one attached hydrogen (secondary N) is 1. The van der Waals surface area contributed by atoms with Gasteiger partial charge in [0.1, 0.15) is 11.5 Å². The molecule has 2 saturated heterocycles. The average molecular weight is 486 g/mol. The number of aliphatic imine (C=N–C) groups is 1. The van der Waals surface area contributed by atoms with Crippen LogP contribution in [-0.4, -0.2) is 47.3 Å². The monoisotopic (exact) mass is 485 g/mol. The van der Waals surface area contributed by atoms with Crippen LogP contribution >= 0.6 is 35.0 Å². The zero-order chi connectivity index (χ0) is 22.1. The number of fused-ring (bicyclic) bond motifs is 1. The number of aromatic nitrogens is 2. The van der Waals surface area contributed by atoms with E-state index in [1.165, 1.54) is 11.8 Å². The molecular weight excluding hydrogens is 469 g/mol. The molecule has 0 spiro atoms. The Labute approximate surface area is 198 Å². The fourth-order valence-electron chi connectivity index (χ4n) is 3.38. The van der Waals surface area contributed by atoms with E-state index in [-0.39, 0.29) is 5.91 Å². The van der Waals surface area contributed by atoms with E-state index in [0.717, 1.165) is 35.5 Å². The Hall–Kier alpha value is -2.65. The van der Waals surface area contributed by atoms with Gasteiger partial charge in [-0.05, 0) is 47.7 Å². The Balaban J connectivity index is 1.42. The highest BCUT2D eigenvalue weighted by Gasteiger charge is 2.24. The predicted molar refractivity (Wildman–Crippen MR) is 130 cm³/mol. The first-order valence-electron chi connectivity index (χ1n) is 9.90. The topological polar surface area (TPSA) is 79.7 Å². The maximum Gasteiger partial charge on any atom is 0.264 e. The third-order valence-electron chi connectivity index (χ3n) is 4.99. The van der Waals surface area contributed by atoms with Gasteiger partial charge in [-0.3, -0.25) is 9.78 Å². The van der Waals surface area contributed by atoms with E-state index in [1.54, 1.807) is 30.5 Å². The molecule has 0 bridgehead atoms. The number of amides is 1. The van der Waals surface area contributed by atoms with Crippen molar-refractivity contribution in [3.63, 3.8) is 0 Å². The molecule has 1 N–H and O–H groups in total. The lowest BCUT2D eigenvalue weighted by Crippen LogP contribution is -2.36. The average Bonchev–Trinajstić information content (AvgIpc) is 3.15. The van der Waals surface area contributed by atoms with Gasteiger partial charge in [-0.25, -0.2) is 9.98 Å². The van der Waals surface area contributed by atoms with Crippen molar-refractivity contribution < 1.29 is 9.53 Å². The van der Waals surface area contributed by atoms with Crippen LogP contribution in [0.15, 0.2) is 52.5 Å². The predicted octanol–water partition coefficient (Wildman–Crippen LogP) is 4.66. The number of carbonyl (C=O) groups excluding carboxylic acids is 1. The molecule has 7 nitrogen and oxygen atoms in total. The lowest BCUT2D eigenvalue weighted by molar-refractivity contribution is -0.115. The number of hydrogen-bond acceptors (Lipinski definition) is 7. The van der Waals surface area contributed by atoms with E-state index >= 15 is 0 Å². The maximum atomic E-state index is 12.5. The number of carbonyl (C=O) groups is 1. The molecule has 0 atom stereocenters. The lowest BCUT2D eigenvalue weighted by Gasteiger charge is -2.27. The van der Waals surface area contributed by atoms with Gasteiger partial charge < -0.3 is 15.0 Å². The molecule has 3 heterocycles. The van der Waals surface area contributed by atoms with E-state index in [9.17, 15) is 4.79 Å². The second kappa shape index (κ2) is 9.07. The van der Waals surface area contributed by atoms with Gasteiger partial charge in [-0.2, -0.15) is 0 Å². The number of benzene rings is 2. The number of thioether (sulfide) groups is 1. The van der Waals surface area contributed by atoms with Crippen LogP contribution in [0.3, 0.4) is 0 Å². The first-order chi connectivity index (χ1) is 15.6. The zero-order valence-electron chi connectivity index (χ0n) is 16.7. The van der Waals surface area contributed by atoms with Gasteiger partial charge in [0.2, 0.25) is 0 Å². The summed E-state index contributed by atoms with van der Waals surface area (Å²) >= 11 is 13.6. The summed E-state index contributed by atoms with van der Waals surface area (Å²) < 4.78 is 5.41. The summed E-state index contributed by atoms with van der Waals surface area (Å²) in [6.45, 7) is 2.94. The van der Waals surface area contributed by atoms with Crippen molar-refractivity contribution in [3.05, 3.63) is 63.1 Å². The van der Waals surface area contributed by atoms with Crippen LogP contribution < -0.4 is 10.2 Å². The molecule has 2 aliphatic heterocycles. The summed E-state index contributed by atoms with van der Waals surface area (Å²) in [5.41, 5.74) is 2.84. The SMILES string of the molecule is O=C1NC(=Nc2c(Cl)cccc2Cl)S/C1=C/c1ccc2ncc(N3CCOCC3)nc2c1. The smallest absolute Gasteiger partial charge is 0.264 e. The van der Waals surface area contributed by atoms with E-state index in [0.29, 0.717) is 39.0 Å². The van der Waals surface area contributed by atoms with Crippen molar-refractivity contribution in [1.29, 1.82) is 0 Å². The van der Waals surface area contributed by atoms with Crippen molar-refractivity contribution in [2.45, 2.75) is 0 Å². The standard InChI is InChI=1S/C22H17Cl2N5O2S/c23-14-2-1-3-15(24)20(14)27-22-28-21(30)18(32-22)11-13-4-5-16-17(10-13)26-19(12-25-16)29-6-8-31-9-7-29/h1-5,10-12H,6-9H2,(H,27,28,30)/b18-11+. The number of anilines is 1. The number of hydrogen-bond donors (Lipinski definition) is 1. The summed E-state index contributed by atoms with van der Waals surface area (Å²) in [5.74, 6) is 0.592. The Morgan fingerprint density at radius 3 is 2.69 bits per heavy atom. The summed E-state index contributed by atoms with van der Waals surface area (Å²) in [6.07, 6.45) is 3.59. The van der Waals surface area contributed by atoms with Gasteiger partial charge in [0, 0.05) is 13.1 Å². The minimum absolute atomic E-state index is 0.231. The number of ether oxygens (including phenoxy) is 1. The normalized spacial score (nSPS) is 19.2. The molecule has 0 unspecified atom stereocenters. The molecule has 0 radical (unpaired) electrons. The van der Waals surface area contributed by atoms with E-state index in [1.807, 2.05) is 18.2 Å². The first-order valence-corrected chi connectivity index (χ1v) is 11.5. The van der Waals surface area contributed by atoms with Gasteiger partial charge in [0.25, 0.3) is 5.91 Å². The first kappa shape index (κ1) is 21.2. The van der Waals surface area contributed by atoms with Crippen LogP contribution in [-0.2, 0) is 9.53 Å². The fraction of sp³-hybridized carbons (Fsp3) is 0.182. The third-order valence-corrected chi connectivity index (χ3v) is 6.51. The number of morpholine rings is 1. The molecule has 0 aliphatic carbocycles. The second-order valence-corrected chi connectivity index (χ2v) is 8.97. The van der Waals surface area contributed by atoms with Gasteiger partial charge in [-0.15, -0.1) is 0 Å². The number of halogens is 2. The Morgan fingerprint density at radius 1 is 1.12 bits per heavy atom. The van der Waals surface area contributed by atoms with Gasteiger partial charge >= 0.3 is 0 Å². The Bertz CT molecular complexity index is 1250. The van der Waals surface area contributed by atoms with Crippen molar-refractivity contribution >= 4 is 74.7 Å². The molecule has 1 aromatic heterocycles. The zero-order valence-corrected chi connectivity index (χ0v) is 19.0. The molecule has 2 fully saturated rings. The Kier molecular flexibility index (Phi) is 6.01. The molecule has 2 aromatic carbocycles. The van der Waals surface area contributed by atoms with Crippen LogP contribution in [0.2, 0.25) is 10.0 Å². The summed E-state index contributed by atoms with van der Waals surface area (Å²) in [4.78, 5) is 28.9. The van der Waals surface area contributed by atoms with Gasteiger partial charge in [0.05, 0.1) is 45.4 Å². The molecule has 3 aromatic rings. The summed E-state index contributed by atoms with van der Waals surface area (Å²) in [7, 11) is 0. The second-order valence-electron chi connectivity index (χ2n) is 7.13.